The van der Waals surface area contributed by atoms with E-state index in [0.29, 0.717) is 16.8 Å². The lowest BCUT2D eigenvalue weighted by molar-refractivity contribution is -0.139. The molecular formula is C21H17ClN2O7. The first kappa shape index (κ1) is 21.8. The van der Waals surface area contributed by atoms with Crippen molar-refractivity contribution < 1.29 is 33.8 Å². The van der Waals surface area contributed by atoms with Crippen LogP contribution >= 0.6 is 11.6 Å². The zero-order valence-corrected chi connectivity index (χ0v) is 17.2. The van der Waals surface area contributed by atoms with E-state index in [4.69, 9.17) is 26.2 Å². The molecule has 0 unspecified atom stereocenters. The Labute approximate surface area is 181 Å². The molecule has 0 radical (unpaired) electrons. The number of hydrogen-bond acceptors (Lipinski definition) is 6. The number of halogens is 1. The topological polar surface area (TPSA) is 122 Å². The molecule has 9 nitrogen and oxygen atoms in total. The summed E-state index contributed by atoms with van der Waals surface area (Å²) in [5, 5.41) is 11.0. The quantitative estimate of drug-likeness (QED) is 0.518. The Balaban J connectivity index is 2.01. The van der Waals surface area contributed by atoms with Gasteiger partial charge in [0.2, 0.25) is 0 Å². The molecule has 2 aromatic rings. The number of urea groups is 1. The van der Waals surface area contributed by atoms with Crippen molar-refractivity contribution in [2.45, 2.75) is 6.92 Å². The minimum absolute atomic E-state index is 0.00449. The smallest absolute Gasteiger partial charge is 0.341 e. The summed E-state index contributed by atoms with van der Waals surface area (Å²) in [4.78, 5) is 49.3. The average molecular weight is 445 g/mol. The molecule has 1 aliphatic heterocycles. The molecule has 0 saturated carbocycles. The number of nitrogens with one attached hydrogen (secondary N) is 1. The number of rotatable bonds is 6. The monoisotopic (exact) mass is 444 g/mol. The van der Waals surface area contributed by atoms with Crippen LogP contribution in [0.2, 0.25) is 5.02 Å². The summed E-state index contributed by atoms with van der Waals surface area (Å²) in [5.74, 6) is -2.75. The van der Waals surface area contributed by atoms with Gasteiger partial charge in [-0.25, -0.2) is 14.5 Å². The van der Waals surface area contributed by atoms with Crippen LogP contribution in [-0.4, -0.2) is 42.6 Å². The van der Waals surface area contributed by atoms with E-state index >= 15 is 0 Å². The van der Waals surface area contributed by atoms with Gasteiger partial charge in [0.25, 0.3) is 11.8 Å². The van der Waals surface area contributed by atoms with Crippen LogP contribution in [-0.2, 0) is 14.4 Å². The highest BCUT2D eigenvalue weighted by atomic mass is 35.5. The maximum Gasteiger partial charge on any atom is 0.341 e. The van der Waals surface area contributed by atoms with Crippen molar-refractivity contribution in [2.75, 3.05) is 18.6 Å². The minimum Gasteiger partial charge on any atom is -0.493 e. The molecular weight excluding hydrogens is 428 g/mol. The van der Waals surface area contributed by atoms with Crippen LogP contribution in [0.1, 0.15) is 11.1 Å². The van der Waals surface area contributed by atoms with E-state index in [9.17, 15) is 19.2 Å². The number of carboxylic acid groups (broad SMARTS) is 1. The van der Waals surface area contributed by atoms with Gasteiger partial charge in [0.05, 0.1) is 17.8 Å². The van der Waals surface area contributed by atoms with Gasteiger partial charge in [-0.2, -0.15) is 0 Å². The molecule has 160 valence electrons. The first-order valence-corrected chi connectivity index (χ1v) is 9.30. The van der Waals surface area contributed by atoms with E-state index in [2.05, 4.69) is 5.32 Å². The standard InChI is InChI=1S/C21H17ClN2O7/c1-11-5-3-4-6-15(11)24-20(28)13(19(27)23-21(24)29)7-12-8-14(22)18(16(9-12)30-2)31-10-17(25)26/h3-9H,10H2,1-2H3,(H,25,26)(H,23,27,29)/b13-7+. The number of nitrogens with zero attached hydrogens (tertiary/aromatic N) is 1. The van der Waals surface area contributed by atoms with Crippen molar-refractivity contribution in [1.82, 2.24) is 5.32 Å². The Morgan fingerprint density at radius 1 is 1.23 bits per heavy atom. The summed E-state index contributed by atoms with van der Waals surface area (Å²) in [6, 6.07) is 8.70. The predicted octanol–water partition coefficient (Wildman–Crippen LogP) is 2.79. The summed E-state index contributed by atoms with van der Waals surface area (Å²) < 4.78 is 10.3. The number of carbonyl (C=O) groups is 4. The van der Waals surface area contributed by atoms with Crippen molar-refractivity contribution in [3.63, 3.8) is 0 Å². The number of ether oxygens (including phenoxy) is 2. The van der Waals surface area contributed by atoms with E-state index in [-0.39, 0.29) is 22.1 Å². The number of hydrogen-bond donors (Lipinski definition) is 2. The molecule has 0 atom stereocenters. The van der Waals surface area contributed by atoms with E-state index in [1.54, 1.807) is 31.2 Å². The number of carboxylic acids is 1. The SMILES string of the molecule is COc1cc(/C=C2\C(=O)NC(=O)N(c3ccccc3C)C2=O)cc(Cl)c1OCC(=O)O. The van der Waals surface area contributed by atoms with Gasteiger partial charge >= 0.3 is 12.0 Å². The molecule has 4 amide bonds. The third-order valence-corrected chi connectivity index (χ3v) is 4.64. The molecule has 0 aliphatic carbocycles. The number of amides is 4. The third-order valence-electron chi connectivity index (χ3n) is 4.36. The number of para-hydroxylation sites is 1. The highest BCUT2D eigenvalue weighted by Gasteiger charge is 2.37. The second kappa shape index (κ2) is 8.88. The highest BCUT2D eigenvalue weighted by molar-refractivity contribution is 6.39. The van der Waals surface area contributed by atoms with Gasteiger partial charge in [0, 0.05) is 0 Å². The van der Waals surface area contributed by atoms with E-state index in [1.807, 2.05) is 0 Å². The fourth-order valence-corrected chi connectivity index (χ4v) is 3.23. The van der Waals surface area contributed by atoms with Crippen molar-refractivity contribution >= 4 is 47.2 Å². The van der Waals surface area contributed by atoms with E-state index in [0.717, 1.165) is 4.90 Å². The van der Waals surface area contributed by atoms with Crippen LogP contribution in [0, 0.1) is 6.92 Å². The number of imide groups is 2. The fourth-order valence-electron chi connectivity index (χ4n) is 2.95. The van der Waals surface area contributed by atoms with Crippen LogP contribution in [0.25, 0.3) is 6.08 Å². The number of anilines is 1. The molecule has 2 N–H and O–H groups in total. The largest absolute Gasteiger partial charge is 0.493 e. The lowest BCUT2D eigenvalue weighted by atomic mass is 10.1. The Kier molecular flexibility index (Phi) is 6.26. The van der Waals surface area contributed by atoms with Gasteiger partial charge < -0.3 is 14.6 Å². The molecule has 0 aromatic heterocycles. The Morgan fingerprint density at radius 2 is 1.94 bits per heavy atom. The predicted molar refractivity (Wildman–Crippen MR) is 111 cm³/mol. The molecule has 1 aliphatic rings. The van der Waals surface area contributed by atoms with Gasteiger partial charge in [-0.15, -0.1) is 0 Å². The van der Waals surface area contributed by atoms with Crippen LogP contribution < -0.4 is 19.7 Å². The zero-order chi connectivity index (χ0) is 22.7. The second-order valence-corrected chi connectivity index (χ2v) is 6.87. The molecule has 0 spiro atoms. The van der Waals surface area contributed by atoms with E-state index in [1.165, 1.54) is 25.3 Å². The molecule has 1 heterocycles. The summed E-state index contributed by atoms with van der Waals surface area (Å²) in [6.45, 7) is 1.10. The molecule has 3 rings (SSSR count). The van der Waals surface area contributed by atoms with Crippen molar-refractivity contribution in [1.29, 1.82) is 0 Å². The first-order valence-electron chi connectivity index (χ1n) is 8.92. The van der Waals surface area contributed by atoms with Gasteiger partial charge in [0.1, 0.15) is 5.57 Å². The van der Waals surface area contributed by atoms with Crippen LogP contribution in [0.4, 0.5) is 10.5 Å². The van der Waals surface area contributed by atoms with Crippen LogP contribution in [0.5, 0.6) is 11.5 Å². The number of aryl methyl sites for hydroxylation is 1. The summed E-state index contributed by atoms with van der Waals surface area (Å²) in [5.41, 5.74) is 1.03. The van der Waals surface area contributed by atoms with Crippen molar-refractivity contribution in [3.8, 4) is 11.5 Å². The molecule has 0 bridgehead atoms. The fraction of sp³-hybridized carbons (Fsp3) is 0.143. The highest BCUT2D eigenvalue weighted by Crippen LogP contribution is 2.37. The number of methoxy groups -OCH3 is 1. The van der Waals surface area contributed by atoms with Crippen LogP contribution in [0.3, 0.4) is 0 Å². The molecule has 31 heavy (non-hydrogen) atoms. The third kappa shape index (κ3) is 4.51. The molecule has 1 saturated heterocycles. The van der Waals surface area contributed by atoms with Gasteiger partial charge in [-0.3, -0.25) is 14.9 Å². The van der Waals surface area contributed by atoms with E-state index < -0.39 is 30.4 Å². The molecule has 10 heteroatoms. The average Bonchev–Trinajstić information content (AvgIpc) is 2.71. The van der Waals surface area contributed by atoms with Gasteiger partial charge in [0.15, 0.2) is 18.1 Å². The Morgan fingerprint density at radius 3 is 2.58 bits per heavy atom. The Bertz CT molecular complexity index is 1130. The number of benzene rings is 2. The van der Waals surface area contributed by atoms with Crippen LogP contribution in [0.15, 0.2) is 42.0 Å². The van der Waals surface area contributed by atoms with Crippen molar-refractivity contribution in [2.24, 2.45) is 0 Å². The molecule has 2 aromatic carbocycles. The summed E-state index contributed by atoms with van der Waals surface area (Å²) >= 11 is 6.18. The van der Waals surface area contributed by atoms with Gasteiger partial charge in [-0.1, -0.05) is 29.8 Å². The number of barbiturate groups is 1. The summed E-state index contributed by atoms with van der Waals surface area (Å²) in [6.07, 6.45) is 1.25. The normalized spacial score (nSPS) is 15.1. The zero-order valence-electron chi connectivity index (χ0n) is 16.5. The number of carbonyl (C=O) groups excluding carboxylic acids is 3. The number of aliphatic carboxylic acids is 1. The van der Waals surface area contributed by atoms with Crippen molar-refractivity contribution in [3.05, 3.63) is 58.1 Å². The second-order valence-electron chi connectivity index (χ2n) is 6.46. The lowest BCUT2D eigenvalue weighted by Crippen LogP contribution is -2.54. The maximum absolute atomic E-state index is 13.0. The first-order chi connectivity index (χ1) is 14.7. The maximum atomic E-state index is 13.0. The summed E-state index contributed by atoms with van der Waals surface area (Å²) in [7, 11) is 1.33. The minimum atomic E-state index is -1.20. The Hall–Kier alpha value is -3.85. The van der Waals surface area contributed by atoms with Gasteiger partial charge in [-0.05, 0) is 42.3 Å². The lowest BCUT2D eigenvalue weighted by Gasteiger charge is -2.27. The molecule has 1 fully saturated rings.